The van der Waals surface area contributed by atoms with Crippen LogP contribution < -0.4 is 5.32 Å². The predicted octanol–water partition coefficient (Wildman–Crippen LogP) is 2.61. The fourth-order valence-corrected chi connectivity index (χ4v) is 3.20. The molecule has 3 aromatic rings. The van der Waals surface area contributed by atoms with Crippen molar-refractivity contribution in [2.75, 3.05) is 6.54 Å². The molecule has 0 unspecified atom stereocenters. The number of benzene rings is 1. The van der Waals surface area contributed by atoms with Crippen LogP contribution in [0.1, 0.15) is 24.1 Å². The number of fused-ring (bicyclic) bond motifs is 1. The number of aryl methyl sites for hydroxylation is 1. The van der Waals surface area contributed by atoms with Crippen molar-refractivity contribution < 1.29 is 9.18 Å². The Hall–Kier alpha value is -2.28. The molecule has 120 valence electrons. The summed E-state index contributed by atoms with van der Waals surface area (Å²) in [4.78, 5) is 16.8. The van der Waals surface area contributed by atoms with Gasteiger partial charge in [0, 0.05) is 24.8 Å². The van der Waals surface area contributed by atoms with Crippen molar-refractivity contribution in [1.29, 1.82) is 0 Å². The molecule has 0 bridgehead atoms. The topological polar surface area (TPSA) is 59.3 Å². The lowest BCUT2D eigenvalue weighted by atomic mass is 10.1. The van der Waals surface area contributed by atoms with Crippen molar-refractivity contribution in [3.63, 3.8) is 0 Å². The molecule has 2 aromatic heterocycles. The third kappa shape index (κ3) is 4.13. The molecule has 0 radical (unpaired) electrons. The monoisotopic (exact) mass is 332 g/mol. The van der Waals surface area contributed by atoms with E-state index in [0.717, 1.165) is 35.5 Å². The highest BCUT2D eigenvalue weighted by atomic mass is 32.1. The Kier molecular flexibility index (Phi) is 4.97. The van der Waals surface area contributed by atoms with Crippen molar-refractivity contribution in [1.82, 2.24) is 19.9 Å². The molecule has 23 heavy (non-hydrogen) atoms. The molecular weight excluding hydrogens is 315 g/mol. The first-order valence-corrected chi connectivity index (χ1v) is 8.37. The maximum absolute atomic E-state index is 12.8. The summed E-state index contributed by atoms with van der Waals surface area (Å²) >= 11 is 1.54. The molecule has 0 aliphatic carbocycles. The predicted molar refractivity (Wildman–Crippen MR) is 86.9 cm³/mol. The Morgan fingerprint density at radius 1 is 1.26 bits per heavy atom. The average Bonchev–Trinajstić information content (AvgIpc) is 3.14. The Labute approximate surface area is 137 Å². The molecule has 3 rings (SSSR count). The SMILES string of the molecule is O=C(CCCc1ccc(F)cc1)NCCc1csc2ncnn12. The smallest absolute Gasteiger partial charge is 0.220 e. The summed E-state index contributed by atoms with van der Waals surface area (Å²) in [6.45, 7) is 0.584. The second kappa shape index (κ2) is 7.32. The van der Waals surface area contributed by atoms with Crippen LogP contribution in [-0.2, 0) is 17.6 Å². The Bertz CT molecular complexity index is 781. The number of carbonyl (C=O) groups excluding carboxylic acids is 1. The quantitative estimate of drug-likeness (QED) is 0.723. The minimum absolute atomic E-state index is 0.0391. The van der Waals surface area contributed by atoms with Crippen molar-refractivity contribution >= 4 is 22.2 Å². The molecule has 0 fully saturated rings. The maximum atomic E-state index is 12.8. The molecular formula is C16H17FN4OS. The van der Waals surface area contributed by atoms with Gasteiger partial charge in [-0.3, -0.25) is 4.79 Å². The molecule has 1 N–H and O–H groups in total. The van der Waals surface area contributed by atoms with E-state index in [1.54, 1.807) is 28.0 Å². The van der Waals surface area contributed by atoms with Gasteiger partial charge in [-0.25, -0.2) is 13.9 Å². The molecule has 1 aromatic carbocycles. The molecule has 2 heterocycles. The van der Waals surface area contributed by atoms with Gasteiger partial charge in [0.25, 0.3) is 0 Å². The highest BCUT2D eigenvalue weighted by Gasteiger charge is 2.06. The first-order chi connectivity index (χ1) is 11.2. The number of rotatable bonds is 7. The van der Waals surface area contributed by atoms with Gasteiger partial charge in [-0.15, -0.1) is 11.3 Å². The van der Waals surface area contributed by atoms with Crippen LogP contribution in [-0.4, -0.2) is 27.0 Å². The molecule has 0 aliphatic rings. The zero-order valence-electron chi connectivity index (χ0n) is 12.5. The van der Waals surface area contributed by atoms with Gasteiger partial charge < -0.3 is 5.32 Å². The number of aromatic nitrogens is 3. The van der Waals surface area contributed by atoms with Gasteiger partial charge in [-0.2, -0.15) is 5.10 Å². The van der Waals surface area contributed by atoms with Crippen molar-refractivity contribution in [3.05, 3.63) is 53.0 Å². The molecule has 1 amide bonds. The van der Waals surface area contributed by atoms with E-state index in [9.17, 15) is 9.18 Å². The van der Waals surface area contributed by atoms with Crippen molar-refractivity contribution in [2.24, 2.45) is 0 Å². The summed E-state index contributed by atoms with van der Waals surface area (Å²) in [7, 11) is 0. The lowest BCUT2D eigenvalue weighted by Gasteiger charge is -2.05. The fourth-order valence-electron chi connectivity index (χ4n) is 2.37. The number of nitrogens with zero attached hydrogens (tertiary/aromatic N) is 3. The van der Waals surface area contributed by atoms with E-state index < -0.39 is 0 Å². The number of hydrogen-bond acceptors (Lipinski definition) is 4. The lowest BCUT2D eigenvalue weighted by molar-refractivity contribution is -0.121. The molecule has 0 spiro atoms. The lowest BCUT2D eigenvalue weighted by Crippen LogP contribution is -2.25. The number of nitrogens with one attached hydrogen (secondary N) is 1. The van der Waals surface area contributed by atoms with Crippen molar-refractivity contribution in [2.45, 2.75) is 25.7 Å². The average molecular weight is 332 g/mol. The highest BCUT2D eigenvalue weighted by molar-refractivity contribution is 7.15. The van der Waals surface area contributed by atoms with Gasteiger partial charge in [0.05, 0.1) is 5.69 Å². The van der Waals surface area contributed by atoms with Crippen LogP contribution in [0.4, 0.5) is 4.39 Å². The zero-order chi connectivity index (χ0) is 16.1. The van der Waals surface area contributed by atoms with Gasteiger partial charge in [-0.05, 0) is 30.5 Å². The number of halogens is 1. The molecule has 0 atom stereocenters. The Morgan fingerprint density at radius 2 is 2.09 bits per heavy atom. The summed E-state index contributed by atoms with van der Waals surface area (Å²) in [5, 5.41) is 9.07. The Balaban J connectivity index is 1.36. The van der Waals surface area contributed by atoms with E-state index in [4.69, 9.17) is 0 Å². The van der Waals surface area contributed by atoms with Gasteiger partial charge in [-0.1, -0.05) is 12.1 Å². The van der Waals surface area contributed by atoms with E-state index in [1.165, 1.54) is 18.5 Å². The van der Waals surface area contributed by atoms with E-state index in [1.807, 2.05) is 5.38 Å². The standard InChI is InChI=1S/C16H17FN4OS/c17-13-6-4-12(5-7-13)2-1-3-15(22)18-9-8-14-10-23-16-19-11-20-21(14)16/h4-7,10-11H,1-3,8-9H2,(H,18,22). The van der Waals surface area contributed by atoms with Crippen LogP contribution in [0.5, 0.6) is 0 Å². The van der Waals surface area contributed by atoms with E-state index in [-0.39, 0.29) is 11.7 Å². The molecule has 7 heteroatoms. The number of hydrogen-bond donors (Lipinski definition) is 1. The van der Waals surface area contributed by atoms with E-state index in [2.05, 4.69) is 15.4 Å². The van der Waals surface area contributed by atoms with E-state index in [0.29, 0.717) is 13.0 Å². The number of thiazole rings is 1. The van der Waals surface area contributed by atoms with Gasteiger partial charge >= 0.3 is 0 Å². The Morgan fingerprint density at radius 3 is 2.91 bits per heavy atom. The van der Waals surface area contributed by atoms with Gasteiger partial charge in [0.15, 0.2) is 0 Å². The minimum Gasteiger partial charge on any atom is -0.356 e. The molecule has 0 saturated carbocycles. The molecule has 0 saturated heterocycles. The second-order valence-corrected chi connectivity index (χ2v) is 6.10. The summed E-state index contributed by atoms with van der Waals surface area (Å²) in [6, 6.07) is 6.41. The normalized spacial score (nSPS) is 11.0. The van der Waals surface area contributed by atoms with Gasteiger partial charge in [0.1, 0.15) is 12.1 Å². The van der Waals surface area contributed by atoms with Crippen LogP contribution >= 0.6 is 11.3 Å². The molecule has 0 aliphatic heterocycles. The van der Waals surface area contributed by atoms with E-state index >= 15 is 0 Å². The zero-order valence-corrected chi connectivity index (χ0v) is 13.4. The number of carbonyl (C=O) groups is 1. The second-order valence-electron chi connectivity index (χ2n) is 5.26. The summed E-state index contributed by atoms with van der Waals surface area (Å²) in [6.07, 6.45) is 4.26. The first kappa shape index (κ1) is 15.6. The van der Waals surface area contributed by atoms with Crippen molar-refractivity contribution in [3.8, 4) is 0 Å². The number of amides is 1. The summed E-state index contributed by atoms with van der Waals surface area (Å²) < 4.78 is 14.6. The van der Waals surface area contributed by atoms with Crippen LogP contribution in [0.3, 0.4) is 0 Å². The first-order valence-electron chi connectivity index (χ1n) is 7.49. The minimum atomic E-state index is -0.235. The van der Waals surface area contributed by atoms with Crippen LogP contribution in [0.2, 0.25) is 0 Å². The van der Waals surface area contributed by atoms with Crippen LogP contribution in [0.25, 0.3) is 4.96 Å². The van der Waals surface area contributed by atoms with Crippen LogP contribution in [0.15, 0.2) is 36.0 Å². The van der Waals surface area contributed by atoms with Crippen LogP contribution in [0, 0.1) is 5.82 Å². The maximum Gasteiger partial charge on any atom is 0.220 e. The fraction of sp³-hybridized carbons (Fsp3) is 0.312. The summed E-state index contributed by atoms with van der Waals surface area (Å²) in [5.41, 5.74) is 2.10. The third-order valence-electron chi connectivity index (χ3n) is 3.57. The molecule has 5 nitrogen and oxygen atoms in total. The largest absolute Gasteiger partial charge is 0.356 e. The highest BCUT2D eigenvalue weighted by Crippen LogP contribution is 2.12. The third-order valence-corrected chi connectivity index (χ3v) is 4.45. The summed E-state index contributed by atoms with van der Waals surface area (Å²) in [5.74, 6) is -0.196. The van der Waals surface area contributed by atoms with Gasteiger partial charge in [0.2, 0.25) is 10.9 Å².